The lowest BCUT2D eigenvalue weighted by molar-refractivity contribution is -0.131. The molecular weight excluding hydrogens is 302 g/mol. The van der Waals surface area contributed by atoms with Gasteiger partial charge in [0.05, 0.1) is 12.1 Å². The molecule has 1 aliphatic heterocycles. The van der Waals surface area contributed by atoms with Crippen LogP contribution in [0.4, 0.5) is 8.78 Å². The van der Waals surface area contributed by atoms with E-state index in [0.717, 1.165) is 39.0 Å². The number of hydrogen-bond acceptors (Lipinski definition) is 3. The van der Waals surface area contributed by atoms with E-state index in [0.29, 0.717) is 27.6 Å². The lowest BCUT2D eigenvalue weighted by Gasteiger charge is -2.32. The number of alkyl halides is 2. The van der Waals surface area contributed by atoms with Crippen LogP contribution in [0.5, 0.6) is 0 Å². The first-order valence-corrected chi connectivity index (χ1v) is 8.25. The number of halogens is 2. The maximum Gasteiger partial charge on any atom is 0.333 e. The van der Waals surface area contributed by atoms with E-state index >= 15 is 0 Å². The standard InChI is InChI=1S/C16H26F2N4O/c1-4-19-10-13-5-7-21(8-6-13)15(23)9-14-11(2)20-22(12(14)3)16(17)18/h13,16,19H,4-10H2,1-3H3. The fourth-order valence-electron chi connectivity index (χ4n) is 3.14. The van der Waals surface area contributed by atoms with E-state index in [1.165, 1.54) is 0 Å². The van der Waals surface area contributed by atoms with Crippen molar-refractivity contribution in [3.8, 4) is 0 Å². The van der Waals surface area contributed by atoms with Gasteiger partial charge in [-0.1, -0.05) is 6.92 Å². The zero-order chi connectivity index (χ0) is 17.0. The monoisotopic (exact) mass is 328 g/mol. The highest BCUT2D eigenvalue weighted by Gasteiger charge is 2.25. The summed E-state index contributed by atoms with van der Waals surface area (Å²) in [7, 11) is 0. The number of piperidine rings is 1. The molecule has 7 heteroatoms. The Kier molecular flexibility index (Phi) is 6.10. The van der Waals surface area contributed by atoms with Gasteiger partial charge < -0.3 is 10.2 Å². The summed E-state index contributed by atoms with van der Waals surface area (Å²) in [4.78, 5) is 14.3. The van der Waals surface area contributed by atoms with Crippen molar-refractivity contribution in [3.05, 3.63) is 17.0 Å². The molecule has 0 atom stereocenters. The molecule has 0 unspecified atom stereocenters. The third-order valence-electron chi connectivity index (χ3n) is 4.64. The van der Waals surface area contributed by atoms with Crippen molar-refractivity contribution in [3.63, 3.8) is 0 Å². The first-order chi connectivity index (χ1) is 10.9. The molecule has 0 aliphatic carbocycles. The number of amides is 1. The number of likely N-dealkylation sites (tertiary alicyclic amines) is 1. The van der Waals surface area contributed by atoms with Crippen molar-refractivity contribution in [1.29, 1.82) is 0 Å². The molecule has 1 aromatic rings. The maximum absolute atomic E-state index is 12.9. The van der Waals surface area contributed by atoms with Crippen molar-refractivity contribution in [2.45, 2.75) is 46.6 Å². The largest absolute Gasteiger partial charge is 0.342 e. The van der Waals surface area contributed by atoms with Gasteiger partial charge in [0.25, 0.3) is 0 Å². The van der Waals surface area contributed by atoms with Gasteiger partial charge in [0.2, 0.25) is 5.91 Å². The Hall–Kier alpha value is -1.50. The van der Waals surface area contributed by atoms with Crippen LogP contribution in [0.2, 0.25) is 0 Å². The average Bonchev–Trinajstić information content (AvgIpc) is 2.81. The molecule has 1 aliphatic rings. The van der Waals surface area contributed by atoms with Gasteiger partial charge in [-0.2, -0.15) is 13.9 Å². The molecule has 1 saturated heterocycles. The Morgan fingerprint density at radius 1 is 1.35 bits per heavy atom. The summed E-state index contributed by atoms with van der Waals surface area (Å²) in [5, 5.41) is 7.19. The lowest BCUT2D eigenvalue weighted by atomic mass is 9.96. The van der Waals surface area contributed by atoms with Crippen LogP contribution in [0.1, 0.15) is 43.3 Å². The molecule has 1 aromatic heterocycles. The second kappa shape index (κ2) is 7.86. The first-order valence-electron chi connectivity index (χ1n) is 8.25. The van der Waals surface area contributed by atoms with Crippen LogP contribution in [0.15, 0.2) is 0 Å². The van der Waals surface area contributed by atoms with Crippen molar-refractivity contribution in [2.24, 2.45) is 5.92 Å². The molecule has 0 spiro atoms. The molecule has 1 amide bonds. The third-order valence-corrected chi connectivity index (χ3v) is 4.64. The Labute approximate surface area is 136 Å². The highest BCUT2D eigenvalue weighted by Crippen LogP contribution is 2.22. The van der Waals surface area contributed by atoms with Crippen molar-refractivity contribution < 1.29 is 13.6 Å². The Balaban J connectivity index is 1.93. The highest BCUT2D eigenvalue weighted by atomic mass is 19.3. The molecule has 5 nitrogen and oxygen atoms in total. The molecule has 2 rings (SSSR count). The zero-order valence-corrected chi connectivity index (χ0v) is 14.1. The molecule has 0 saturated carbocycles. The van der Waals surface area contributed by atoms with Gasteiger partial charge in [-0.05, 0) is 45.7 Å². The normalized spacial score (nSPS) is 16.3. The number of rotatable bonds is 6. The predicted octanol–water partition coefficient (Wildman–Crippen LogP) is 2.29. The van der Waals surface area contributed by atoms with Crippen LogP contribution in [0.3, 0.4) is 0 Å². The van der Waals surface area contributed by atoms with Gasteiger partial charge in [0.1, 0.15) is 0 Å². The van der Waals surface area contributed by atoms with Gasteiger partial charge >= 0.3 is 6.55 Å². The fourth-order valence-corrected chi connectivity index (χ4v) is 3.14. The summed E-state index contributed by atoms with van der Waals surface area (Å²) in [6, 6.07) is 0. The quantitative estimate of drug-likeness (QED) is 0.872. The highest BCUT2D eigenvalue weighted by molar-refractivity contribution is 5.79. The van der Waals surface area contributed by atoms with Crippen LogP contribution in [-0.2, 0) is 11.2 Å². The smallest absolute Gasteiger partial charge is 0.333 e. The SMILES string of the molecule is CCNCC1CCN(C(=O)Cc2c(C)nn(C(F)F)c2C)CC1. The second-order valence-corrected chi connectivity index (χ2v) is 6.18. The van der Waals surface area contributed by atoms with Crippen LogP contribution in [-0.4, -0.2) is 46.8 Å². The molecule has 0 bridgehead atoms. The molecule has 0 aromatic carbocycles. The molecule has 1 N–H and O–H groups in total. The summed E-state index contributed by atoms with van der Waals surface area (Å²) in [5.74, 6) is 0.621. The van der Waals surface area contributed by atoms with Crippen molar-refractivity contribution >= 4 is 5.91 Å². The van der Waals surface area contributed by atoms with E-state index in [4.69, 9.17) is 0 Å². The van der Waals surface area contributed by atoms with E-state index in [1.807, 2.05) is 4.90 Å². The lowest BCUT2D eigenvalue weighted by Crippen LogP contribution is -2.41. The van der Waals surface area contributed by atoms with E-state index in [2.05, 4.69) is 17.3 Å². The fraction of sp³-hybridized carbons (Fsp3) is 0.750. The van der Waals surface area contributed by atoms with Crippen LogP contribution >= 0.6 is 0 Å². The Morgan fingerprint density at radius 2 is 2.00 bits per heavy atom. The summed E-state index contributed by atoms with van der Waals surface area (Å²) < 4.78 is 26.4. The van der Waals surface area contributed by atoms with Crippen LogP contribution in [0.25, 0.3) is 0 Å². The number of nitrogens with zero attached hydrogens (tertiary/aromatic N) is 3. The molecule has 130 valence electrons. The number of aromatic nitrogens is 2. The topological polar surface area (TPSA) is 50.2 Å². The van der Waals surface area contributed by atoms with Crippen LogP contribution in [0, 0.1) is 19.8 Å². The van der Waals surface area contributed by atoms with E-state index in [-0.39, 0.29) is 12.3 Å². The third kappa shape index (κ3) is 4.28. The molecular formula is C16H26F2N4O. The summed E-state index contributed by atoms with van der Waals surface area (Å²) in [5.41, 5.74) is 1.52. The van der Waals surface area contributed by atoms with Gasteiger partial charge in [-0.3, -0.25) is 4.79 Å². The Morgan fingerprint density at radius 3 is 2.52 bits per heavy atom. The van der Waals surface area contributed by atoms with Gasteiger partial charge in [-0.15, -0.1) is 0 Å². The molecule has 23 heavy (non-hydrogen) atoms. The maximum atomic E-state index is 12.9. The number of carbonyl (C=O) groups excluding carboxylic acids is 1. The van der Waals surface area contributed by atoms with E-state index in [9.17, 15) is 13.6 Å². The predicted molar refractivity (Wildman–Crippen MR) is 84.5 cm³/mol. The first kappa shape index (κ1) is 17.8. The molecule has 0 radical (unpaired) electrons. The average molecular weight is 328 g/mol. The molecule has 2 heterocycles. The number of nitrogens with one attached hydrogen (secondary N) is 1. The summed E-state index contributed by atoms with van der Waals surface area (Å²) in [6.45, 7) is 6.15. The number of carbonyl (C=O) groups is 1. The van der Waals surface area contributed by atoms with Crippen molar-refractivity contribution in [1.82, 2.24) is 20.0 Å². The molecule has 1 fully saturated rings. The van der Waals surface area contributed by atoms with Gasteiger partial charge in [0.15, 0.2) is 0 Å². The minimum Gasteiger partial charge on any atom is -0.342 e. The van der Waals surface area contributed by atoms with Crippen LogP contribution < -0.4 is 5.32 Å². The van der Waals surface area contributed by atoms with Gasteiger partial charge in [-0.25, -0.2) is 4.68 Å². The minimum atomic E-state index is -2.67. The Bertz CT molecular complexity index is 536. The van der Waals surface area contributed by atoms with Gasteiger partial charge in [0, 0.05) is 24.3 Å². The van der Waals surface area contributed by atoms with Crippen molar-refractivity contribution in [2.75, 3.05) is 26.2 Å². The van der Waals surface area contributed by atoms with E-state index < -0.39 is 6.55 Å². The summed E-state index contributed by atoms with van der Waals surface area (Å²) in [6.07, 6.45) is 2.14. The summed E-state index contributed by atoms with van der Waals surface area (Å²) >= 11 is 0. The number of aryl methyl sites for hydroxylation is 1. The van der Waals surface area contributed by atoms with E-state index in [1.54, 1.807) is 13.8 Å². The second-order valence-electron chi connectivity index (χ2n) is 6.18. The minimum absolute atomic E-state index is 0.00640. The number of hydrogen-bond donors (Lipinski definition) is 1. The zero-order valence-electron chi connectivity index (χ0n) is 14.1.